The van der Waals surface area contributed by atoms with Crippen LogP contribution < -0.4 is 10.9 Å². The smallest absolute Gasteiger partial charge is 0.248 e. The Labute approximate surface area is 145 Å². The Bertz CT molecular complexity index is 990. The second-order valence-corrected chi connectivity index (χ2v) is 6.90. The van der Waals surface area contributed by atoms with Crippen LogP contribution >= 0.6 is 0 Å². The predicted molar refractivity (Wildman–Crippen MR) is 99.6 cm³/mol. The monoisotopic (exact) mass is 336 g/mol. The molecule has 0 saturated carbocycles. The van der Waals surface area contributed by atoms with Gasteiger partial charge in [-0.1, -0.05) is 26.8 Å². The van der Waals surface area contributed by atoms with Crippen LogP contribution in [0.15, 0.2) is 57.9 Å². The fourth-order valence-electron chi connectivity index (χ4n) is 2.69. The normalized spacial score (nSPS) is 12.0. The lowest BCUT2D eigenvalue weighted by atomic mass is 9.85. The highest BCUT2D eigenvalue weighted by molar-refractivity contribution is 6.02. The molecule has 0 bridgehead atoms. The van der Waals surface area contributed by atoms with Crippen LogP contribution in [0.4, 0.5) is 5.69 Å². The third-order valence-corrected chi connectivity index (χ3v) is 3.86. The summed E-state index contributed by atoms with van der Waals surface area (Å²) >= 11 is 0. The molecule has 25 heavy (non-hydrogen) atoms. The first-order valence-corrected chi connectivity index (χ1v) is 8.03. The second-order valence-electron chi connectivity index (χ2n) is 6.90. The van der Waals surface area contributed by atoms with Gasteiger partial charge in [-0.2, -0.15) is 0 Å². The second kappa shape index (κ2) is 6.43. The van der Waals surface area contributed by atoms with Crippen molar-refractivity contribution in [1.29, 1.82) is 0 Å². The third kappa shape index (κ3) is 3.88. The number of benzene rings is 1. The molecule has 0 unspecified atom stereocenters. The molecule has 0 fully saturated rings. The van der Waals surface area contributed by atoms with E-state index in [0.29, 0.717) is 17.0 Å². The molecule has 0 aliphatic rings. The standard InChI is InChI=1S/C20H20N2O3/c1-20(2,3)16-12-19(24)22-17-11-13(6-8-15(16)17)21-18(23)9-7-14-5-4-10-25-14/h4-12H,1-3H3,(H,21,23)(H,22,24)/b9-7+. The molecule has 1 amide bonds. The van der Waals surface area contributed by atoms with E-state index in [2.05, 4.69) is 31.1 Å². The molecular formula is C20H20N2O3. The van der Waals surface area contributed by atoms with E-state index in [9.17, 15) is 9.59 Å². The van der Waals surface area contributed by atoms with Gasteiger partial charge in [0, 0.05) is 23.2 Å². The molecular weight excluding hydrogens is 316 g/mol. The van der Waals surface area contributed by atoms with Crippen molar-refractivity contribution in [2.75, 3.05) is 5.32 Å². The van der Waals surface area contributed by atoms with E-state index in [1.807, 2.05) is 12.1 Å². The van der Waals surface area contributed by atoms with Gasteiger partial charge in [0.05, 0.1) is 11.8 Å². The average Bonchev–Trinajstić information content (AvgIpc) is 3.04. The Kier molecular flexibility index (Phi) is 4.31. The highest BCUT2D eigenvalue weighted by atomic mass is 16.3. The summed E-state index contributed by atoms with van der Waals surface area (Å²) in [6.45, 7) is 6.20. The lowest BCUT2D eigenvalue weighted by molar-refractivity contribution is -0.111. The van der Waals surface area contributed by atoms with E-state index >= 15 is 0 Å². The minimum absolute atomic E-state index is 0.150. The quantitative estimate of drug-likeness (QED) is 0.708. The van der Waals surface area contributed by atoms with Crippen LogP contribution in [0.3, 0.4) is 0 Å². The van der Waals surface area contributed by atoms with Crippen molar-refractivity contribution in [3.05, 3.63) is 70.4 Å². The fourth-order valence-corrected chi connectivity index (χ4v) is 2.69. The van der Waals surface area contributed by atoms with Crippen LogP contribution in [0.2, 0.25) is 0 Å². The molecule has 2 aromatic heterocycles. The summed E-state index contributed by atoms with van der Waals surface area (Å²) in [7, 11) is 0. The first-order valence-electron chi connectivity index (χ1n) is 8.03. The van der Waals surface area contributed by atoms with Crippen molar-refractivity contribution < 1.29 is 9.21 Å². The van der Waals surface area contributed by atoms with E-state index in [0.717, 1.165) is 10.9 Å². The van der Waals surface area contributed by atoms with Crippen LogP contribution in [0.1, 0.15) is 32.1 Å². The number of rotatable bonds is 3. The predicted octanol–water partition coefficient (Wildman–Crippen LogP) is 4.07. The van der Waals surface area contributed by atoms with Crippen LogP contribution in [0, 0.1) is 0 Å². The van der Waals surface area contributed by atoms with Crippen molar-refractivity contribution in [2.24, 2.45) is 0 Å². The van der Waals surface area contributed by atoms with E-state index in [1.165, 1.54) is 6.08 Å². The molecule has 0 radical (unpaired) electrons. The average molecular weight is 336 g/mol. The first-order chi connectivity index (χ1) is 11.8. The Morgan fingerprint density at radius 2 is 2.00 bits per heavy atom. The zero-order valence-electron chi connectivity index (χ0n) is 14.4. The number of carbonyl (C=O) groups is 1. The van der Waals surface area contributed by atoms with Crippen molar-refractivity contribution in [2.45, 2.75) is 26.2 Å². The van der Waals surface area contributed by atoms with Gasteiger partial charge in [0.25, 0.3) is 0 Å². The summed E-state index contributed by atoms with van der Waals surface area (Å²) in [6, 6.07) is 10.7. The van der Waals surface area contributed by atoms with Crippen LogP contribution in [0.25, 0.3) is 17.0 Å². The number of furan rings is 1. The largest absolute Gasteiger partial charge is 0.465 e. The number of pyridine rings is 1. The molecule has 5 nitrogen and oxygen atoms in total. The van der Waals surface area contributed by atoms with Gasteiger partial charge in [0.15, 0.2) is 0 Å². The van der Waals surface area contributed by atoms with Gasteiger partial charge in [-0.15, -0.1) is 0 Å². The Balaban J connectivity index is 1.89. The molecule has 5 heteroatoms. The number of anilines is 1. The number of carbonyl (C=O) groups excluding carboxylic acids is 1. The number of hydrogen-bond acceptors (Lipinski definition) is 3. The molecule has 0 aliphatic heterocycles. The topological polar surface area (TPSA) is 75.1 Å². The number of H-pyrrole nitrogens is 1. The third-order valence-electron chi connectivity index (χ3n) is 3.86. The van der Waals surface area contributed by atoms with Gasteiger partial charge in [-0.25, -0.2) is 0 Å². The van der Waals surface area contributed by atoms with Gasteiger partial charge >= 0.3 is 0 Å². The minimum Gasteiger partial charge on any atom is -0.465 e. The van der Waals surface area contributed by atoms with Crippen LogP contribution in [-0.2, 0) is 10.2 Å². The summed E-state index contributed by atoms with van der Waals surface area (Å²) in [4.78, 5) is 26.8. The van der Waals surface area contributed by atoms with Crippen molar-refractivity contribution >= 4 is 28.6 Å². The maximum Gasteiger partial charge on any atom is 0.248 e. The van der Waals surface area contributed by atoms with E-state index in [1.54, 1.807) is 36.6 Å². The summed E-state index contributed by atoms with van der Waals surface area (Å²) in [5.41, 5.74) is 1.98. The Hall–Kier alpha value is -3.08. The number of fused-ring (bicyclic) bond motifs is 1. The summed E-state index contributed by atoms with van der Waals surface area (Å²) < 4.78 is 5.14. The van der Waals surface area contributed by atoms with E-state index in [4.69, 9.17) is 4.42 Å². The molecule has 3 aromatic rings. The Morgan fingerprint density at radius 3 is 2.68 bits per heavy atom. The number of aromatic amines is 1. The van der Waals surface area contributed by atoms with Crippen molar-refractivity contribution in [3.63, 3.8) is 0 Å². The summed E-state index contributed by atoms with van der Waals surface area (Å²) in [5, 5.41) is 3.75. The zero-order valence-corrected chi connectivity index (χ0v) is 14.4. The minimum atomic E-state index is -0.273. The molecule has 2 N–H and O–H groups in total. The van der Waals surface area contributed by atoms with Crippen molar-refractivity contribution in [3.8, 4) is 0 Å². The van der Waals surface area contributed by atoms with E-state index in [-0.39, 0.29) is 16.9 Å². The van der Waals surface area contributed by atoms with Gasteiger partial charge in [-0.3, -0.25) is 9.59 Å². The molecule has 0 atom stereocenters. The van der Waals surface area contributed by atoms with Crippen LogP contribution in [-0.4, -0.2) is 10.9 Å². The lowest BCUT2D eigenvalue weighted by Gasteiger charge is -2.21. The maximum atomic E-state index is 12.0. The van der Waals surface area contributed by atoms with Crippen LogP contribution in [0.5, 0.6) is 0 Å². The molecule has 1 aromatic carbocycles. The SMILES string of the molecule is CC(C)(C)c1cc(=O)[nH]c2cc(NC(=O)/C=C/c3ccco3)ccc12. The lowest BCUT2D eigenvalue weighted by Crippen LogP contribution is -2.17. The molecule has 128 valence electrons. The van der Waals surface area contributed by atoms with Gasteiger partial charge in [0.1, 0.15) is 5.76 Å². The molecule has 2 heterocycles. The molecule has 3 rings (SSSR count). The Morgan fingerprint density at radius 1 is 1.20 bits per heavy atom. The van der Waals surface area contributed by atoms with Gasteiger partial charge in [0.2, 0.25) is 11.5 Å². The number of hydrogen-bond donors (Lipinski definition) is 2. The fraction of sp³-hybridized carbons (Fsp3) is 0.200. The first kappa shape index (κ1) is 16.8. The number of amides is 1. The molecule has 0 spiro atoms. The maximum absolute atomic E-state index is 12.0. The highest BCUT2D eigenvalue weighted by Gasteiger charge is 2.18. The van der Waals surface area contributed by atoms with Gasteiger partial charge in [-0.05, 0) is 41.3 Å². The number of aromatic nitrogens is 1. The van der Waals surface area contributed by atoms with Gasteiger partial charge < -0.3 is 14.7 Å². The van der Waals surface area contributed by atoms with E-state index < -0.39 is 0 Å². The number of nitrogens with one attached hydrogen (secondary N) is 2. The molecule has 0 saturated heterocycles. The summed E-state index contributed by atoms with van der Waals surface area (Å²) in [6.07, 6.45) is 4.54. The zero-order chi connectivity index (χ0) is 18.0. The highest BCUT2D eigenvalue weighted by Crippen LogP contribution is 2.29. The molecule has 0 aliphatic carbocycles. The summed E-state index contributed by atoms with van der Waals surface area (Å²) in [5.74, 6) is 0.331. The van der Waals surface area contributed by atoms with Crippen molar-refractivity contribution in [1.82, 2.24) is 4.98 Å².